The van der Waals surface area contributed by atoms with Crippen molar-refractivity contribution in [2.45, 2.75) is 6.92 Å². The Morgan fingerprint density at radius 1 is 1.50 bits per heavy atom. The molecule has 2 N–H and O–H groups in total. The molecular formula is C9H9ClN2O2. The predicted octanol–water partition coefficient (Wildman–Crippen LogP) is 1.87. The van der Waals surface area contributed by atoms with Crippen LogP contribution in [0.4, 0.5) is 11.4 Å². The van der Waals surface area contributed by atoms with Gasteiger partial charge in [0.2, 0.25) is 12.3 Å². The van der Waals surface area contributed by atoms with Gasteiger partial charge in [-0.2, -0.15) is 0 Å². The molecule has 1 aromatic carbocycles. The largest absolute Gasteiger partial charge is 0.329 e. The first-order chi connectivity index (χ1) is 6.63. The molecule has 0 fully saturated rings. The van der Waals surface area contributed by atoms with Crippen molar-refractivity contribution >= 4 is 35.3 Å². The van der Waals surface area contributed by atoms with Crippen LogP contribution in [0.15, 0.2) is 18.2 Å². The first-order valence-electron chi connectivity index (χ1n) is 3.91. The molecule has 0 aliphatic carbocycles. The Balaban J connectivity index is 2.89. The third-order valence-electron chi connectivity index (χ3n) is 1.51. The highest BCUT2D eigenvalue weighted by Crippen LogP contribution is 2.25. The van der Waals surface area contributed by atoms with Crippen LogP contribution in [0.5, 0.6) is 0 Å². The number of rotatable bonds is 3. The van der Waals surface area contributed by atoms with Gasteiger partial charge in [0.15, 0.2) is 0 Å². The molecule has 5 heteroatoms. The van der Waals surface area contributed by atoms with Crippen LogP contribution >= 0.6 is 11.6 Å². The number of nitrogens with one attached hydrogen (secondary N) is 2. The predicted molar refractivity (Wildman–Crippen MR) is 55.4 cm³/mol. The van der Waals surface area contributed by atoms with Crippen molar-refractivity contribution in [3.63, 3.8) is 0 Å². The van der Waals surface area contributed by atoms with Crippen LogP contribution in [0.3, 0.4) is 0 Å². The summed E-state index contributed by atoms with van der Waals surface area (Å²) in [5, 5.41) is 5.39. The monoisotopic (exact) mass is 212 g/mol. The lowest BCUT2D eigenvalue weighted by atomic mass is 10.3. The van der Waals surface area contributed by atoms with Crippen LogP contribution in [0.2, 0.25) is 5.02 Å². The molecule has 14 heavy (non-hydrogen) atoms. The molecule has 0 heterocycles. The van der Waals surface area contributed by atoms with Gasteiger partial charge in [-0.05, 0) is 18.2 Å². The highest BCUT2D eigenvalue weighted by Gasteiger charge is 2.02. The summed E-state index contributed by atoms with van der Waals surface area (Å²) in [6.07, 6.45) is 0.559. The maximum Gasteiger partial charge on any atom is 0.221 e. The van der Waals surface area contributed by atoms with Crippen LogP contribution in [0, 0.1) is 0 Å². The molecule has 4 nitrogen and oxygen atoms in total. The van der Waals surface area contributed by atoms with Crippen LogP contribution in [-0.2, 0) is 9.59 Å². The van der Waals surface area contributed by atoms with Gasteiger partial charge in [0.1, 0.15) is 0 Å². The van der Waals surface area contributed by atoms with Crippen molar-refractivity contribution in [2.75, 3.05) is 10.6 Å². The summed E-state index contributed by atoms with van der Waals surface area (Å²) in [4.78, 5) is 20.9. The topological polar surface area (TPSA) is 58.2 Å². The average molecular weight is 213 g/mol. The van der Waals surface area contributed by atoms with E-state index in [9.17, 15) is 9.59 Å². The number of benzene rings is 1. The molecule has 0 saturated carbocycles. The molecule has 0 unspecified atom stereocenters. The van der Waals surface area contributed by atoms with Gasteiger partial charge in [-0.3, -0.25) is 9.59 Å². The van der Waals surface area contributed by atoms with Crippen LogP contribution in [0.1, 0.15) is 6.92 Å². The Morgan fingerprint density at radius 2 is 2.21 bits per heavy atom. The summed E-state index contributed by atoms with van der Waals surface area (Å²) in [5.74, 6) is -0.192. The molecule has 1 rings (SSSR count). The Bertz CT molecular complexity index is 366. The zero-order valence-corrected chi connectivity index (χ0v) is 8.26. The summed E-state index contributed by atoms with van der Waals surface area (Å²) >= 11 is 5.84. The summed E-state index contributed by atoms with van der Waals surface area (Å²) in [6, 6.07) is 4.82. The summed E-state index contributed by atoms with van der Waals surface area (Å²) in [6.45, 7) is 1.40. The van der Waals surface area contributed by atoms with Crippen LogP contribution < -0.4 is 10.6 Å². The molecule has 0 atom stereocenters. The van der Waals surface area contributed by atoms with Gasteiger partial charge < -0.3 is 10.6 Å². The molecule has 74 valence electrons. The molecular weight excluding hydrogens is 204 g/mol. The molecule has 0 bridgehead atoms. The van der Waals surface area contributed by atoms with Gasteiger partial charge >= 0.3 is 0 Å². The molecule has 0 radical (unpaired) electrons. The Labute approximate surface area is 86.3 Å². The third kappa shape index (κ3) is 2.74. The lowest BCUT2D eigenvalue weighted by molar-refractivity contribution is -0.114. The van der Waals surface area contributed by atoms with Crippen molar-refractivity contribution in [3.05, 3.63) is 23.2 Å². The molecule has 0 aliphatic rings. The van der Waals surface area contributed by atoms with Crippen molar-refractivity contribution in [2.24, 2.45) is 0 Å². The van der Waals surface area contributed by atoms with E-state index in [1.165, 1.54) is 6.92 Å². The smallest absolute Gasteiger partial charge is 0.221 e. The van der Waals surface area contributed by atoms with E-state index in [4.69, 9.17) is 11.6 Å². The van der Waals surface area contributed by atoms with Crippen molar-refractivity contribution in [1.29, 1.82) is 0 Å². The van der Waals surface area contributed by atoms with E-state index in [1.54, 1.807) is 18.2 Å². The van der Waals surface area contributed by atoms with Crippen molar-refractivity contribution in [3.8, 4) is 0 Å². The van der Waals surface area contributed by atoms with Gasteiger partial charge in [-0.25, -0.2) is 0 Å². The van der Waals surface area contributed by atoms with Crippen LogP contribution in [-0.4, -0.2) is 12.3 Å². The van der Waals surface area contributed by atoms with Gasteiger partial charge in [0, 0.05) is 12.6 Å². The number of amides is 2. The molecule has 1 aromatic rings. The maximum atomic E-state index is 10.7. The lowest BCUT2D eigenvalue weighted by Gasteiger charge is -2.06. The SMILES string of the molecule is CC(=O)Nc1ccc(NC=O)cc1Cl. The number of hydrogen-bond donors (Lipinski definition) is 2. The Morgan fingerprint density at radius 3 is 2.71 bits per heavy atom. The second-order valence-corrected chi connectivity index (χ2v) is 3.05. The first kappa shape index (κ1) is 10.5. The standard InChI is InChI=1S/C9H9ClN2O2/c1-6(14)12-9-3-2-7(11-5-13)4-8(9)10/h2-5H,1H3,(H,11,13)(H,12,14). The maximum absolute atomic E-state index is 10.7. The molecule has 2 amide bonds. The molecule has 0 spiro atoms. The lowest BCUT2D eigenvalue weighted by Crippen LogP contribution is -2.06. The Kier molecular flexibility index (Phi) is 3.48. The summed E-state index contributed by atoms with van der Waals surface area (Å²) < 4.78 is 0. The van der Waals surface area contributed by atoms with E-state index in [2.05, 4.69) is 10.6 Å². The third-order valence-corrected chi connectivity index (χ3v) is 1.82. The average Bonchev–Trinajstić information content (AvgIpc) is 2.10. The van der Waals surface area contributed by atoms with E-state index >= 15 is 0 Å². The first-order valence-corrected chi connectivity index (χ1v) is 4.28. The number of carbonyl (C=O) groups excluding carboxylic acids is 2. The number of anilines is 2. The second-order valence-electron chi connectivity index (χ2n) is 2.64. The van der Waals surface area contributed by atoms with Crippen molar-refractivity contribution < 1.29 is 9.59 Å². The fraction of sp³-hybridized carbons (Fsp3) is 0.111. The van der Waals surface area contributed by atoms with E-state index in [0.717, 1.165) is 0 Å². The zero-order valence-electron chi connectivity index (χ0n) is 7.50. The quantitative estimate of drug-likeness (QED) is 0.752. The Hall–Kier alpha value is -1.55. The molecule has 0 aromatic heterocycles. The number of carbonyl (C=O) groups is 2. The van der Waals surface area contributed by atoms with Gasteiger partial charge in [-0.1, -0.05) is 11.6 Å². The zero-order chi connectivity index (χ0) is 10.6. The normalized spacial score (nSPS) is 9.29. The highest BCUT2D eigenvalue weighted by atomic mass is 35.5. The van der Waals surface area contributed by atoms with E-state index in [0.29, 0.717) is 22.8 Å². The highest BCUT2D eigenvalue weighted by molar-refractivity contribution is 6.34. The van der Waals surface area contributed by atoms with Gasteiger partial charge in [-0.15, -0.1) is 0 Å². The van der Waals surface area contributed by atoms with Gasteiger partial charge in [0.25, 0.3) is 0 Å². The fourth-order valence-electron chi connectivity index (χ4n) is 0.964. The van der Waals surface area contributed by atoms with Crippen molar-refractivity contribution in [1.82, 2.24) is 0 Å². The summed E-state index contributed by atoms with van der Waals surface area (Å²) in [7, 11) is 0. The van der Waals surface area contributed by atoms with E-state index < -0.39 is 0 Å². The second kappa shape index (κ2) is 4.62. The molecule has 0 saturated heterocycles. The van der Waals surface area contributed by atoms with Crippen LogP contribution in [0.25, 0.3) is 0 Å². The number of halogens is 1. The fourth-order valence-corrected chi connectivity index (χ4v) is 1.19. The minimum Gasteiger partial charge on any atom is -0.329 e. The minimum atomic E-state index is -0.192. The van der Waals surface area contributed by atoms with E-state index in [1.807, 2.05) is 0 Å². The van der Waals surface area contributed by atoms with E-state index in [-0.39, 0.29) is 5.91 Å². The molecule has 0 aliphatic heterocycles. The number of hydrogen-bond acceptors (Lipinski definition) is 2. The minimum absolute atomic E-state index is 0.192. The van der Waals surface area contributed by atoms with Gasteiger partial charge in [0.05, 0.1) is 10.7 Å². The summed E-state index contributed by atoms with van der Waals surface area (Å²) in [5.41, 5.74) is 1.11.